The molecule has 0 N–H and O–H groups in total. The number of aromatic nitrogens is 6. The molecule has 0 amide bonds. The molecule has 0 spiro atoms. The lowest BCUT2D eigenvalue weighted by molar-refractivity contribution is 0.765. The predicted molar refractivity (Wildman–Crippen MR) is 75.4 cm³/mol. The molecule has 3 heterocycles. The zero-order valence-corrected chi connectivity index (χ0v) is 11.2. The van der Waals surface area contributed by atoms with Crippen LogP contribution in [0, 0.1) is 0 Å². The summed E-state index contributed by atoms with van der Waals surface area (Å²) in [6.45, 7) is 0.697. The van der Waals surface area contributed by atoms with Crippen LogP contribution >= 0.6 is 11.3 Å². The summed E-state index contributed by atoms with van der Waals surface area (Å²) in [7, 11) is 0. The van der Waals surface area contributed by atoms with Gasteiger partial charge in [-0.15, -0.1) is 10.2 Å². The third-order valence-electron chi connectivity index (χ3n) is 2.94. The molecule has 0 saturated carbocycles. The number of hydrogen-bond acceptors (Lipinski definition) is 5. The number of imidazole rings is 1. The molecule has 0 radical (unpaired) electrons. The molecular formula is C13H10N6S. The highest BCUT2D eigenvalue weighted by atomic mass is 32.1. The van der Waals surface area contributed by atoms with E-state index in [0.29, 0.717) is 6.54 Å². The second-order valence-corrected chi connectivity index (χ2v) is 5.36. The molecule has 0 atom stereocenters. The summed E-state index contributed by atoms with van der Waals surface area (Å²) >= 11 is 1.54. The molecule has 0 bridgehead atoms. The Balaban J connectivity index is 1.75. The second kappa shape index (κ2) is 4.53. The monoisotopic (exact) mass is 282 g/mol. The van der Waals surface area contributed by atoms with Crippen LogP contribution in [0.15, 0.2) is 49.1 Å². The van der Waals surface area contributed by atoms with Gasteiger partial charge in [0.2, 0.25) is 4.96 Å². The summed E-state index contributed by atoms with van der Waals surface area (Å²) in [5.41, 5.74) is 1.01. The van der Waals surface area contributed by atoms with Gasteiger partial charge in [0.1, 0.15) is 5.01 Å². The van der Waals surface area contributed by atoms with Crippen LogP contribution in [0.2, 0.25) is 0 Å². The van der Waals surface area contributed by atoms with Crippen LogP contribution in [0.5, 0.6) is 0 Å². The molecule has 1 aromatic carbocycles. The van der Waals surface area contributed by atoms with Gasteiger partial charge in [0.15, 0.2) is 5.82 Å². The first-order valence-corrected chi connectivity index (χ1v) is 6.94. The summed E-state index contributed by atoms with van der Waals surface area (Å²) in [4.78, 5) is 4.83. The van der Waals surface area contributed by atoms with Crippen LogP contribution in [0.1, 0.15) is 5.01 Å². The van der Waals surface area contributed by atoms with Gasteiger partial charge in [0.05, 0.1) is 12.9 Å². The van der Waals surface area contributed by atoms with E-state index in [0.717, 1.165) is 21.4 Å². The molecular weight excluding hydrogens is 272 g/mol. The van der Waals surface area contributed by atoms with Gasteiger partial charge in [-0.05, 0) is 0 Å². The first-order chi connectivity index (χ1) is 9.90. The van der Waals surface area contributed by atoms with E-state index in [2.05, 4.69) is 20.3 Å². The van der Waals surface area contributed by atoms with Gasteiger partial charge in [-0.3, -0.25) is 0 Å². The van der Waals surface area contributed by atoms with Crippen LogP contribution in [-0.2, 0) is 6.54 Å². The van der Waals surface area contributed by atoms with Crippen LogP contribution in [0.3, 0.4) is 0 Å². The topological polar surface area (TPSA) is 60.9 Å². The molecule has 0 fully saturated rings. The fourth-order valence-corrected chi connectivity index (χ4v) is 2.87. The maximum atomic E-state index is 4.59. The normalized spacial score (nSPS) is 11.2. The van der Waals surface area contributed by atoms with Gasteiger partial charge in [-0.2, -0.15) is 9.61 Å². The third kappa shape index (κ3) is 1.88. The van der Waals surface area contributed by atoms with E-state index in [1.54, 1.807) is 28.4 Å². The van der Waals surface area contributed by atoms with Crippen molar-refractivity contribution in [2.75, 3.05) is 0 Å². The first-order valence-electron chi connectivity index (χ1n) is 6.12. The van der Waals surface area contributed by atoms with Crippen LogP contribution in [0.4, 0.5) is 0 Å². The SMILES string of the molecule is c1ccc(-c2nnc3sc(Cn4ccnc4)nn23)cc1. The van der Waals surface area contributed by atoms with Crippen molar-refractivity contribution in [3.63, 3.8) is 0 Å². The van der Waals surface area contributed by atoms with Crippen molar-refractivity contribution in [2.24, 2.45) is 0 Å². The molecule has 6 nitrogen and oxygen atoms in total. The van der Waals surface area contributed by atoms with Crippen LogP contribution < -0.4 is 0 Å². The highest BCUT2D eigenvalue weighted by Crippen LogP contribution is 2.21. The Morgan fingerprint density at radius 2 is 2.00 bits per heavy atom. The van der Waals surface area contributed by atoms with Gasteiger partial charge in [0, 0.05) is 18.0 Å². The Labute approximate surface area is 118 Å². The van der Waals surface area contributed by atoms with Crippen molar-refractivity contribution in [3.05, 3.63) is 54.1 Å². The Bertz CT molecular complexity index is 830. The number of benzene rings is 1. The Morgan fingerprint density at radius 1 is 1.10 bits per heavy atom. The van der Waals surface area contributed by atoms with Gasteiger partial charge in [-0.25, -0.2) is 4.98 Å². The quantitative estimate of drug-likeness (QED) is 0.577. The van der Waals surface area contributed by atoms with E-state index < -0.39 is 0 Å². The molecule has 7 heteroatoms. The summed E-state index contributed by atoms with van der Waals surface area (Å²) in [6, 6.07) is 9.95. The molecule has 0 saturated heterocycles. The average molecular weight is 282 g/mol. The smallest absolute Gasteiger partial charge is 0.235 e. The molecule has 0 aliphatic heterocycles. The molecule has 4 rings (SSSR count). The Kier molecular flexibility index (Phi) is 2.56. The van der Waals surface area contributed by atoms with Crippen LogP contribution in [-0.4, -0.2) is 29.4 Å². The highest BCUT2D eigenvalue weighted by molar-refractivity contribution is 7.16. The highest BCUT2D eigenvalue weighted by Gasteiger charge is 2.13. The van der Waals surface area contributed by atoms with Crippen molar-refractivity contribution in [3.8, 4) is 11.4 Å². The van der Waals surface area contributed by atoms with Gasteiger partial charge < -0.3 is 4.57 Å². The Hall–Kier alpha value is -2.54. The summed E-state index contributed by atoms with van der Waals surface area (Å²) in [5.74, 6) is 0.772. The maximum absolute atomic E-state index is 4.59. The molecule has 0 unspecified atom stereocenters. The minimum absolute atomic E-state index is 0.697. The molecule has 0 aliphatic carbocycles. The lowest BCUT2D eigenvalue weighted by Gasteiger charge is -1.97. The fourth-order valence-electron chi connectivity index (χ4n) is 2.02. The zero-order chi connectivity index (χ0) is 13.4. The number of nitrogens with zero attached hydrogens (tertiary/aromatic N) is 6. The number of fused-ring (bicyclic) bond motifs is 1. The Morgan fingerprint density at radius 3 is 2.80 bits per heavy atom. The molecule has 0 aliphatic rings. The summed E-state index contributed by atoms with van der Waals surface area (Å²) in [6.07, 6.45) is 5.46. The van der Waals surface area contributed by atoms with Crippen molar-refractivity contribution in [1.82, 2.24) is 29.4 Å². The second-order valence-electron chi connectivity index (χ2n) is 4.31. The van der Waals surface area contributed by atoms with Gasteiger partial charge >= 0.3 is 0 Å². The van der Waals surface area contributed by atoms with Crippen molar-refractivity contribution >= 4 is 16.3 Å². The van der Waals surface area contributed by atoms with Crippen molar-refractivity contribution < 1.29 is 0 Å². The standard InChI is InChI=1S/C13H10N6S/c1-2-4-10(5-3-1)12-15-16-13-19(12)17-11(20-13)8-18-7-6-14-9-18/h1-7,9H,8H2. The predicted octanol–water partition coefficient (Wildman–Crippen LogP) is 2.10. The van der Waals surface area contributed by atoms with E-state index in [-0.39, 0.29) is 0 Å². The van der Waals surface area contributed by atoms with E-state index >= 15 is 0 Å². The fraction of sp³-hybridized carbons (Fsp3) is 0.0769. The minimum Gasteiger partial charge on any atom is -0.331 e. The van der Waals surface area contributed by atoms with Gasteiger partial charge in [0.25, 0.3) is 0 Å². The maximum Gasteiger partial charge on any atom is 0.235 e. The van der Waals surface area contributed by atoms with Crippen molar-refractivity contribution in [1.29, 1.82) is 0 Å². The van der Waals surface area contributed by atoms with Crippen molar-refractivity contribution in [2.45, 2.75) is 6.54 Å². The number of rotatable bonds is 3. The van der Waals surface area contributed by atoms with E-state index in [1.165, 1.54) is 0 Å². The lowest BCUT2D eigenvalue weighted by atomic mass is 10.2. The van der Waals surface area contributed by atoms with E-state index in [9.17, 15) is 0 Å². The molecule has 20 heavy (non-hydrogen) atoms. The van der Waals surface area contributed by atoms with Crippen LogP contribution in [0.25, 0.3) is 16.3 Å². The third-order valence-corrected chi connectivity index (χ3v) is 3.83. The largest absolute Gasteiger partial charge is 0.331 e. The minimum atomic E-state index is 0.697. The number of hydrogen-bond donors (Lipinski definition) is 0. The molecule has 98 valence electrons. The van der Waals surface area contributed by atoms with E-state index in [1.807, 2.05) is 41.1 Å². The summed E-state index contributed by atoms with van der Waals surface area (Å²) in [5, 5.41) is 14.0. The first kappa shape index (κ1) is 11.3. The summed E-state index contributed by atoms with van der Waals surface area (Å²) < 4.78 is 3.78. The average Bonchev–Trinajstić information content (AvgIpc) is 3.17. The van der Waals surface area contributed by atoms with Gasteiger partial charge in [-0.1, -0.05) is 41.7 Å². The van der Waals surface area contributed by atoms with E-state index in [4.69, 9.17) is 0 Å². The molecule has 3 aromatic heterocycles. The zero-order valence-electron chi connectivity index (χ0n) is 10.4. The molecule has 4 aromatic rings. The lowest BCUT2D eigenvalue weighted by Crippen LogP contribution is -1.98.